The third-order valence-electron chi connectivity index (χ3n) is 2.79. The number of hydrogen-bond acceptors (Lipinski definition) is 5. The molecule has 1 atom stereocenters. The summed E-state index contributed by atoms with van der Waals surface area (Å²) in [5, 5.41) is 8.40. The Morgan fingerprint density at radius 1 is 1.52 bits per heavy atom. The first kappa shape index (κ1) is 15.7. The number of aromatic nitrogens is 2. The number of amides is 1. The molecule has 0 aromatic carbocycles. The van der Waals surface area contributed by atoms with Crippen LogP contribution in [0.25, 0.3) is 0 Å². The van der Waals surface area contributed by atoms with Crippen LogP contribution in [0.3, 0.4) is 0 Å². The lowest BCUT2D eigenvalue weighted by Gasteiger charge is -2.12. The standard InChI is InChI=1S/C12H16N4O3S2/c1-9(10-6-13-16(2)8-10)15-11(17)7-14-21(18,19)12-4-3-5-20-12/h3-6,8-9,14H,7H2,1-2H3,(H,15,17). The number of sulfonamides is 1. The minimum Gasteiger partial charge on any atom is -0.348 e. The van der Waals surface area contributed by atoms with E-state index in [4.69, 9.17) is 0 Å². The molecule has 0 aliphatic heterocycles. The summed E-state index contributed by atoms with van der Waals surface area (Å²) in [4.78, 5) is 11.8. The molecule has 2 N–H and O–H groups in total. The van der Waals surface area contributed by atoms with Gasteiger partial charge in [-0.15, -0.1) is 11.3 Å². The van der Waals surface area contributed by atoms with Crippen molar-refractivity contribution in [3.05, 3.63) is 35.5 Å². The van der Waals surface area contributed by atoms with Crippen LogP contribution >= 0.6 is 11.3 Å². The Kier molecular flexibility index (Phi) is 4.76. The van der Waals surface area contributed by atoms with Gasteiger partial charge in [-0.25, -0.2) is 13.1 Å². The minimum absolute atomic E-state index is 0.190. The van der Waals surface area contributed by atoms with Crippen molar-refractivity contribution in [2.45, 2.75) is 17.2 Å². The second kappa shape index (κ2) is 6.37. The highest BCUT2D eigenvalue weighted by atomic mass is 32.2. The van der Waals surface area contributed by atoms with Crippen LogP contribution in [0.2, 0.25) is 0 Å². The summed E-state index contributed by atoms with van der Waals surface area (Å²) in [6.45, 7) is 1.51. The van der Waals surface area contributed by atoms with E-state index in [0.29, 0.717) is 0 Å². The molecule has 9 heteroatoms. The number of aryl methyl sites for hydroxylation is 1. The maximum Gasteiger partial charge on any atom is 0.250 e. The predicted molar refractivity (Wildman–Crippen MR) is 79.3 cm³/mol. The van der Waals surface area contributed by atoms with E-state index in [9.17, 15) is 13.2 Å². The summed E-state index contributed by atoms with van der Waals surface area (Å²) in [7, 11) is -1.83. The number of hydrogen-bond donors (Lipinski definition) is 2. The molecule has 1 amide bonds. The van der Waals surface area contributed by atoms with Gasteiger partial charge in [0.2, 0.25) is 5.91 Å². The van der Waals surface area contributed by atoms with Gasteiger partial charge in [-0.05, 0) is 18.4 Å². The van der Waals surface area contributed by atoms with Crippen molar-refractivity contribution in [1.29, 1.82) is 0 Å². The van der Waals surface area contributed by atoms with Crippen molar-refractivity contribution in [2.24, 2.45) is 7.05 Å². The van der Waals surface area contributed by atoms with Gasteiger partial charge in [-0.3, -0.25) is 9.48 Å². The summed E-state index contributed by atoms with van der Waals surface area (Å²) >= 11 is 1.10. The number of nitrogens with one attached hydrogen (secondary N) is 2. The van der Waals surface area contributed by atoms with Crippen molar-refractivity contribution < 1.29 is 13.2 Å². The van der Waals surface area contributed by atoms with Gasteiger partial charge in [0, 0.05) is 18.8 Å². The van der Waals surface area contributed by atoms with Gasteiger partial charge >= 0.3 is 0 Å². The zero-order valence-electron chi connectivity index (χ0n) is 11.6. The molecular formula is C12H16N4O3S2. The molecule has 0 spiro atoms. The minimum atomic E-state index is -3.62. The molecule has 2 aromatic rings. The van der Waals surface area contributed by atoms with Crippen molar-refractivity contribution >= 4 is 27.3 Å². The molecule has 7 nitrogen and oxygen atoms in total. The maximum atomic E-state index is 11.9. The van der Waals surface area contributed by atoms with Crippen LogP contribution in [0.4, 0.5) is 0 Å². The van der Waals surface area contributed by atoms with Crippen molar-refractivity contribution in [3.63, 3.8) is 0 Å². The quantitative estimate of drug-likeness (QED) is 0.814. The van der Waals surface area contributed by atoms with Crippen molar-refractivity contribution in [2.75, 3.05) is 6.54 Å². The normalized spacial score (nSPS) is 13.0. The van der Waals surface area contributed by atoms with E-state index in [0.717, 1.165) is 16.9 Å². The Labute approximate surface area is 127 Å². The van der Waals surface area contributed by atoms with Crippen molar-refractivity contribution in [3.8, 4) is 0 Å². The van der Waals surface area contributed by atoms with Crippen LogP contribution in [-0.4, -0.2) is 30.7 Å². The fourth-order valence-corrected chi connectivity index (χ4v) is 3.71. The lowest BCUT2D eigenvalue weighted by Crippen LogP contribution is -2.37. The van der Waals surface area contributed by atoms with Crippen LogP contribution in [0.15, 0.2) is 34.1 Å². The molecule has 0 fully saturated rings. The molecule has 2 aromatic heterocycles. The summed E-state index contributed by atoms with van der Waals surface area (Å²) in [6.07, 6.45) is 3.45. The van der Waals surface area contributed by atoms with Gasteiger partial charge in [0.1, 0.15) is 4.21 Å². The van der Waals surface area contributed by atoms with Crippen LogP contribution in [0.5, 0.6) is 0 Å². The van der Waals surface area contributed by atoms with Crippen LogP contribution < -0.4 is 10.0 Å². The zero-order valence-corrected chi connectivity index (χ0v) is 13.2. The van der Waals surface area contributed by atoms with Gasteiger partial charge in [0.05, 0.1) is 18.8 Å². The number of nitrogens with zero attached hydrogens (tertiary/aromatic N) is 2. The predicted octanol–water partition coefficient (Wildman–Crippen LogP) is 0.637. The first-order valence-corrected chi connectivity index (χ1v) is 8.56. The largest absolute Gasteiger partial charge is 0.348 e. The lowest BCUT2D eigenvalue weighted by atomic mass is 10.2. The highest BCUT2D eigenvalue weighted by molar-refractivity contribution is 7.91. The molecule has 2 rings (SSSR count). The Bertz CT molecular complexity index is 707. The number of rotatable bonds is 6. The highest BCUT2D eigenvalue weighted by Crippen LogP contribution is 2.15. The molecule has 114 valence electrons. The second-order valence-electron chi connectivity index (χ2n) is 4.49. The first-order valence-electron chi connectivity index (χ1n) is 6.19. The summed E-state index contributed by atoms with van der Waals surface area (Å²) < 4.78 is 27.8. The number of thiophene rings is 1. The summed E-state index contributed by atoms with van der Waals surface area (Å²) in [6, 6.07) is 2.89. The monoisotopic (exact) mass is 328 g/mol. The molecule has 21 heavy (non-hydrogen) atoms. The molecule has 0 saturated carbocycles. The fourth-order valence-electron chi connectivity index (χ4n) is 1.69. The second-order valence-corrected chi connectivity index (χ2v) is 7.43. The van der Waals surface area contributed by atoms with E-state index < -0.39 is 15.9 Å². The molecule has 0 bridgehead atoms. The molecule has 0 aliphatic carbocycles. The fraction of sp³-hybridized carbons (Fsp3) is 0.333. The SMILES string of the molecule is CC(NC(=O)CNS(=O)(=O)c1cccs1)c1cnn(C)c1. The first-order chi connectivity index (χ1) is 9.88. The Balaban J connectivity index is 1.88. The Morgan fingerprint density at radius 3 is 2.86 bits per heavy atom. The average molecular weight is 328 g/mol. The summed E-state index contributed by atoms with van der Waals surface area (Å²) in [5.74, 6) is -0.397. The number of carbonyl (C=O) groups is 1. The molecule has 2 heterocycles. The van der Waals surface area contributed by atoms with Gasteiger partial charge in [-0.1, -0.05) is 6.07 Å². The molecule has 0 radical (unpaired) electrons. The van der Waals surface area contributed by atoms with E-state index in [-0.39, 0.29) is 16.8 Å². The van der Waals surface area contributed by atoms with Crippen LogP contribution in [0, 0.1) is 0 Å². The van der Waals surface area contributed by atoms with Crippen LogP contribution in [-0.2, 0) is 21.9 Å². The topological polar surface area (TPSA) is 93.1 Å². The zero-order chi connectivity index (χ0) is 15.5. The Hall–Kier alpha value is -1.71. The third-order valence-corrected chi connectivity index (χ3v) is 5.58. The number of carbonyl (C=O) groups excluding carboxylic acids is 1. The molecule has 0 saturated heterocycles. The van der Waals surface area contributed by atoms with E-state index in [1.165, 1.54) is 6.07 Å². The van der Waals surface area contributed by atoms with Gasteiger partial charge in [-0.2, -0.15) is 5.10 Å². The van der Waals surface area contributed by atoms with Gasteiger partial charge in [0.15, 0.2) is 0 Å². The Morgan fingerprint density at radius 2 is 2.29 bits per heavy atom. The van der Waals surface area contributed by atoms with E-state index >= 15 is 0 Å². The highest BCUT2D eigenvalue weighted by Gasteiger charge is 2.17. The van der Waals surface area contributed by atoms with E-state index in [2.05, 4.69) is 15.1 Å². The molecular weight excluding hydrogens is 312 g/mol. The third kappa shape index (κ3) is 4.13. The maximum absolute atomic E-state index is 11.9. The van der Waals surface area contributed by atoms with E-state index in [1.54, 1.807) is 35.6 Å². The van der Waals surface area contributed by atoms with Gasteiger partial charge < -0.3 is 5.32 Å². The van der Waals surface area contributed by atoms with Crippen LogP contribution in [0.1, 0.15) is 18.5 Å². The lowest BCUT2D eigenvalue weighted by molar-refractivity contribution is -0.120. The van der Waals surface area contributed by atoms with E-state index in [1.807, 2.05) is 6.92 Å². The summed E-state index contributed by atoms with van der Waals surface area (Å²) in [5.41, 5.74) is 0.854. The molecule has 1 unspecified atom stereocenters. The van der Waals surface area contributed by atoms with Gasteiger partial charge in [0.25, 0.3) is 10.0 Å². The molecule has 0 aliphatic rings. The smallest absolute Gasteiger partial charge is 0.250 e. The van der Waals surface area contributed by atoms with Crippen molar-refractivity contribution in [1.82, 2.24) is 19.8 Å². The average Bonchev–Trinajstić information content (AvgIpc) is 3.07.